The largest absolute Gasteiger partial charge is 0.368 e. The second-order valence-electron chi connectivity index (χ2n) is 8.53. The number of piperazine rings is 1. The normalized spacial score (nSPS) is 13.6. The van der Waals surface area contributed by atoms with Gasteiger partial charge >= 0.3 is 0 Å². The third kappa shape index (κ3) is 5.44. The number of hydrogen-bond donors (Lipinski definition) is 2. The van der Waals surface area contributed by atoms with Gasteiger partial charge in [0, 0.05) is 42.3 Å². The fourth-order valence-corrected chi connectivity index (χ4v) is 4.28. The number of hydrogen-bond acceptors (Lipinski definition) is 7. The fourth-order valence-electron chi connectivity index (χ4n) is 4.16. The monoisotopic (exact) mass is 519 g/mol. The van der Waals surface area contributed by atoms with E-state index >= 15 is 0 Å². The fraction of sp³-hybridized carbons (Fsp3) is 0.192. The third-order valence-electron chi connectivity index (χ3n) is 6.12. The number of aromatic nitrogens is 3. The smallest absolute Gasteiger partial charge is 0.251 e. The SMILES string of the molecule is Nc1nc(N2CCN(C(=O)CNC(=O)c3ccc(Cl)cc3)CC2)c2nc(-c3ccc(F)cc3)ccc2n1. The summed E-state index contributed by atoms with van der Waals surface area (Å²) in [6, 6.07) is 16.2. The van der Waals surface area contributed by atoms with E-state index in [0.29, 0.717) is 59.3 Å². The number of nitrogens with one attached hydrogen (secondary N) is 1. The maximum atomic E-state index is 13.4. The molecule has 1 fully saturated rings. The predicted molar refractivity (Wildman–Crippen MR) is 140 cm³/mol. The van der Waals surface area contributed by atoms with Crippen molar-refractivity contribution in [3.63, 3.8) is 0 Å². The van der Waals surface area contributed by atoms with Gasteiger partial charge in [-0.15, -0.1) is 0 Å². The number of carbonyl (C=O) groups is 2. The highest BCUT2D eigenvalue weighted by Crippen LogP contribution is 2.27. The molecule has 1 aliphatic heterocycles. The maximum Gasteiger partial charge on any atom is 0.251 e. The van der Waals surface area contributed by atoms with Gasteiger partial charge in [0.15, 0.2) is 5.82 Å². The van der Waals surface area contributed by atoms with Crippen LogP contribution < -0.4 is 16.0 Å². The van der Waals surface area contributed by atoms with E-state index in [-0.39, 0.29) is 30.1 Å². The van der Waals surface area contributed by atoms with E-state index in [0.717, 1.165) is 5.56 Å². The van der Waals surface area contributed by atoms with E-state index in [1.165, 1.54) is 12.1 Å². The molecule has 11 heteroatoms. The summed E-state index contributed by atoms with van der Waals surface area (Å²) in [7, 11) is 0. The molecule has 2 amide bonds. The molecular weight excluding hydrogens is 497 g/mol. The maximum absolute atomic E-state index is 13.4. The Labute approximate surface area is 217 Å². The number of rotatable bonds is 5. The van der Waals surface area contributed by atoms with Gasteiger partial charge in [0.25, 0.3) is 5.91 Å². The van der Waals surface area contributed by atoms with Crippen LogP contribution in [0.3, 0.4) is 0 Å². The zero-order valence-electron chi connectivity index (χ0n) is 19.7. The van der Waals surface area contributed by atoms with Crippen molar-refractivity contribution >= 4 is 46.2 Å². The summed E-state index contributed by atoms with van der Waals surface area (Å²) >= 11 is 5.86. The third-order valence-corrected chi connectivity index (χ3v) is 6.37. The Hall–Kier alpha value is -4.31. The molecule has 0 bridgehead atoms. The number of carbonyl (C=O) groups excluding carboxylic acids is 2. The lowest BCUT2D eigenvalue weighted by atomic mass is 10.1. The molecule has 0 spiro atoms. The summed E-state index contributed by atoms with van der Waals surface area (Å²) in [6.07, 6.45) is 0. The molecule has 188 valence electrons. The van der Waals surface area contributed by atoms with Crippen LogP contribution in [0.4, 0.5) is 16.2 Å². The molecule has 0 atom stereocenters. The number of nitrogens with zero attached hydrogens (tertiary/aromatic N) is 5. The molecular formula is C26H23ClFN7O2. The van der Waals surface area contributed by atoms with Crippen molar-refractivity contribution in [3.8, 4) is 11.3 Å². The summed E-state index contributed by atoms with van der Waals surface area (Å²) in [4.78, 5) is 42.2. The molecule has 1 aliphatic rings. The molecule has 2 aromatic carbocycles. The first-order valence-corrected chi connectivity index (χ1v) is 12.0. The number of anilines is 2. The second-order valence-corrected chi connectivity index (χ2v) is 8.97. The molecule has 2 aromatic heterocycles. The van der Waals surface area contributed by atoms with E-state index in [2.05, 4.69) is 15.3 Å². The highest BCUT2D eigenvalue weighted by atomic mass is 35.5. The van der Waals surface area contributed by atoms with Crippen molar-refractivity contribution in [2.75, 3.05) is 43.4 Å². The van der Waals surface area contributed by atoms with Crippen molar-refractivity contribution < 1.29 is 14.0 Å². The van der Waals surface area contributed by atoms with E-state index < -0.39 is 0 Å². The van der Waals surface area contributed by atoms with Crippen LogP contribution in [0, 0.1) is 5.82 Å². The Kier molecular flexibility index (Phi) is 6.82. The van der Waals surface area contributed by atoms with Crippen LogP contribution in [0.5, 0.6) is 0 Å². The number of fused-ring (bicyclic) bond motifs is 1. The molecule has 5 rings (SSSR count). The summed E-state index contributed by atoms with van der Waals surface area (Å²) < 4.78 is 13.4. The topological polar surface area (TPSA) is 117 Å². The Balaban J connectivity index is 1.27. The Morgan fingerprint density at radius 2 is 1.62 bits per heavy atom. The van der Waals surface area contributed by atoms with Crippen LogP contribution >= 0.6 is 11.6 Å². The lowest BCUT2D eigenvalue weighted by molar-refractivity contribution is -0.130. The number of amides is 2. The van der Waals surface area contributed by atoms with Crippen LogP contribution in [0.1, 0.15) is 10.4 Å². The Morgan fingerprint density at radius 1 is 0.919 bits per heavy atom. The lowest BCUT2D eigenvalue weighted by Gasteiger charge is -2.35. The van der Waals surface area contributed by atoms with E-state index in [1.807, 2.05) is 11.0 Å². The quantitative estimate of drug-likeness (QED) is 0.416. The zero-order chi connectivity index (χ0) is 25.9. The first-order valence-electron chi connectivity index (χ1n) is 11.6. The minimum absolute atomic E-state index is 0.104. The first-order chi connectivity index (χ1) is 17.9. The van der Waals surface area contributed by atoms with Gasteiger partial charge in [0.05, 0.1) is 17.8 Å². The average molecular weight is 520 g/mol. The van der Waals surface area contributed by atoms with Gasteiger partial charge in [0.1, 0.15) is 11.3 Å². The molecule has 9 nitrogen and oxygen atoms in total. The van der Waals surface area contributed by atoms with Gasteiger partial charge in [-0.2, -0.15) is 4.98 Å². The van der Waals surface area contributed by atoms with E-state index in [4.69, 9.17) is 22.3 Å². The Morgan fingerprint density at radius 3 is 2.32 bits per heavy atom. The minimum Gasteiger partial charge on any atom is -0.368 e. The molecule has 3 N–H and O–H groups in total. The molecule has 0 aliphatic carbocycles. The summed E-state index contributed by atoms with van der Waals surface area (Å²) in [6.45, 7) is 1.79. The van der Waals surface area contributed by atoms with Crippen LogP contribution in [-0.2, 0) is 4.79 Å². The molecule has 4 aromatic rings. The van der Waals surface area contributed by atoms with Crippen molar-refractivity contribution in [1.82, 2.24) is 25.2 Å². The standard InChI is InChI=1S/C26H23ClFN7O2/c27-18-5-1-17(2-6-18)25(37)30-15-22(36)34-11-13-35(14-12-34)24-23-21(32-26(29)33-24)10-9-20(31-23)16-3-7-19(28)8-4-16/h1-10H,11-15H2,(H,30,37)(H2,29,32,33). The summed E-state index contributed by atoms with van der Waals surface area (Å²) in [5, 5.41) is 3.19. The molecule has 0 saturated carbocycles. The molecule has 0 unspecified atom stereocenters. The van der Waals surface area contributed by atoms with Crippen molar-refractivity contribution in [2.24, 2.45) is 0 Å². The molecule has 3 heterocycles. The minimum atomic E-state index is -0.338. The molecule has 1 saturated heterocycles. The lowest BCUT2D eigenvalue weighted by Crippen LogP contribution is -2.51. The highest BCUT2D eigenvalue weighted by molar-refractivity contribution is 6.30. The van der Waals surface area contributed by atoms with Crippen LogP contribution in [0.25, 0.3) is 22.3 Å². The summed E-state index contributed by atoms with van der Waals surface area (Å²) in [5.74, 6) is -0.129. The average Bonchev–Trinajstić information content (AvgIpc) is 2.92. The first kappa shape index (κ1) is 24.4. The molecule has 0 radical (unpaired) electrons. The number of benzene rings is 2. The summed E-state index contributed by atoms with van der Waals surface area (Å²) in [5.41, 5.74) is 8.99. The zero-order valence-corrected chi connectivity index (χ0v) is 20.5. The van der Waals surface area contributed by atoms with Crippen molar-refractivity contribution in [3.05, 3.63) is 77.1 Å². The van der Waals surface area contributed by atoms with E-state index in [1.54, 1.807) is 47.4 Å². The number of halogens is 2. The van der Waals surface area contributed by atoms with Crippen LogP contribution in [0.15, 0.2) is 60.7 Å². The van der Waals surface area contributed by atoms with Gasteiger partial charge in [-0.3, -0.25) is 9.59 Å². The molecule has 37 heavy (non-hydrogen) atoms. The van der Waals surface area contributed by atoms with Gasteiger partial charge in [-0.1, -0.05) is 11.6 Å². The number of pyridine rings is 1. The van der Waals surface area contributed by atoms with Gasteiger partial charge in [0.2, 0.25) is 11.9 Å². The van der Waals surface area contributed by atoms with Crippen molar-refractivity contribution in [2.45, 2.75) is 0 Å². The van der Waals surface area contributed by atoms with Crippen LogP contribution in [0.2, 0.25) is 5.02 Å². The van der Waals surface area contributed by atoms with Gasteiger partial charge < -0.3 is 20.9 Å². The number of nitrogen functional groups attached to an aromatic ring is 1. The van der Waals surface area contributed by atoms with Gasteiger partial charge in [-0.05, 0) is 60.7 Å². The van der Waals surface area contributed by atoms with E-state index in [9.17, 15) is 14.0 Å². The van der Waals surface area contributed by atoms with Crippen LogP contribution in [-0.4, -0.2) is 64.4 Å². The highest BCUT2D eigenvalue weighted by Gasteiger charge is 2.24. The predicted octanol–water partition coefficient (Wildman–Crippen LogP) is 3.15. The second kappa shape index (κ2) is 10.4. The number of nitrogens with two attached hydrogens (primary N) is 1. The van der Waals surface area contributed by atoms with Crippen molar-refractivity contribution in [1.29, 1.82) is 0 Å². The van der Waals surface area contributed by atoms with Gasteiger partial charge in [-0.25, -0.2) is 14.4 Å². The Bertz CT molecular complexity index is 1460.